The molecule has 4 rings (SSSR count). The van der Waals surface area contributed by atoms with Crippen molar-refractivity contribution in [2.75, 3.05) is 13.6 Å². The Hall–Kier alpha value is -3.27. The lowest BCUT2D eigenvalue weighted by atomic mass is 10.0. The Morgan fingerprint density at radius 3 is 2.74 bits per heavy atom. The van der Waals surface area contributed by atoms with Crippen molar-refractivity contribution in [2.24, 2.45) is 0 Å². The first-order chi connectivity index (χ1) is 14.7. The number of fused-ring (bicyclic) bond motifs is 2. The van der Waals surface area contributed by atoms with Gasteiger partial charge in [-0.25, -0.2) is 8.78 Å². The van der Waals surface area contributed by atoms with Crippen molar-refractivity contribution in [3.05, 3.63) is 63.1 Å². The van der Waals surface area contributed by atoms with Gasteiger partial charge in [0.15, 0.2) is 11.4 Å². The van der Waals surface area contributed by atoms with Gasteiger partial charge >= 0.3 is 0 Å². The molecule has 3 heterocycles. The van der Waals surface area contributed by atoms with Crippen LogP contribution in [0.25, 0.3) is 0 Å². The standard InChI is InChI=1S/C21H22F2N4O4/c1-11-5-6-25(2)16-10-26-9-14(18(28)19(29)17(26)21(31)27(11)16)20(30)24-8-12-3-4-13(22)7-15(12)23/h3-4,7,9,11,16,29H,5-6,8,10H2,1-2H3,(H,24,30)/t11-,16?/m1/s1. The number of amides is 2. The normalized spacial score (nSPS) is 20.9. The Morgan fingerprint density at radius 1 is 1.29 bits per heavy atom. The lowest BCUT2D eigenvalue weighted by Crippen LogP contribution is -2.62. The summed E-state index contributed by atoms with van der Waals surface area (Å²) in [6, 6.07) is 2.89. The second kappa shape index (κ2) is 7.77. The van der Waals surface area contributed by atoms with E-state index in [9.17, 15) is 28.3 Å². The molecule has 2 aromatic rings. The summed E-state index contributed by atoms with van der Waals surface area (Å²) in [5.41, 5.74) is -1.45. The molecule has 164 valence electrons. The van der Waals surface area contributed by atoms with Gasteiger partial charge in [-0.2, -0.15) is 0 Å². The maximum Gasteiger partial charge on any atom is 0.276 e. The van der Waals surface area contributed by atoms with Gasteiger partial charge in [0.1, 0.15) is 23.4 Å². The highest BCUT2D eigenvalue weighted by Gasteiger charge is 2.42. The molecule has 2 aliphatic heterocycles. The number of carbonyl (C=O) groups is 2. The van der Waals surface area contributed by atoms with Crippen molar-refractivity contribution >= 4 is 11.8 Å². The third kappa shape index (κ3) is 3.56. The molecule has 0 aliphatic carbocycles. The summed E-state index contributed by atoms with van der Waals surface area (Å²) in [5.74, 6) is -3.66. The number of carbonyl (C=O) groups excluding carboxylic acids is 2. The van der Waals surface area contributed by atoms with Gasteiger partial charge in [0.2, 0.25) is 5.43 Å². The van der Waals surface area contributed by atoms with Crippen LogP contribution in [0.5, 0.6) is 5.75 Å². The first kappa shape index (κ1) is 21.0. The van der Waals surface area contributed by atoms with E-state index in [2.05, 4.69) is 5.32 Å². The van der Waals surface area contributed by atoms with Crippen molar-refractivity contribution in [3.63, 3.8) is 0 Å². The number of hydrogen-bond acceptors (Lipinski definition) is 5. The molecular formula is C21H22F2N4O4. The van der Waals surface area contributed by atoms with Gasteiger partial charge in [-0.05, 0) is 26.5 Å². The molecule has 1 unspecified atom stereocenters. The van der Waals surface area contributed by atoms with Gasteiger partial charge in [-0.3, -0.25) is 19.3 Å². The Kier molecular flexibility index (Phi) is 5.26. The molecule has 2 atom stereocenters. The predicted molar refractivity (Wildman–Crippen MR) is 107 cm³/mol. The summed E-state index contributed by atoms with van der Waals surface area (Å²) >= 11 is 0. The molecule has 1 saturated heterocycles. The molecule has 2 N–H and O–H groups in total. The third-order valence-electron chi connectivity index (χ3n) is 5.96. The van der Waals surface area contributed by atoms with Crippen LogP contribution in [0.2, 0.25) is 0 Å². The summed E-state index contributed by atoms with van der Waals surface area (Å²) in [4.78, 5) is 41.9. The van der Waals surface area contributed by atoms with Gasteiger partial charge in [0.05, 0.1) is 6.54 Å². The maximum absolute atomic E-state index is 13.8. The third-order valence-corrected chi connectivity index (χ3v) is 5.96. The van der Waals surface area contributed by atoms with Crippen LogP contribution in [0.15, 0.2) is 29.2 Å². The smallest absolute Gasteiger partial charge is 0.276 e. The van der Waals surface area contributed by atoms with Gasteiger partial charge in [0, 0.05) is 37.0 Å². The number of nitrogens with zero attached hydrogens (tertiary/aromatic N) is 3. The number of aromatic hydroxyl groups is 1. The van der Waals surface area contributed by atoms with E-state index in [-0.39, 0.29) is 42.1 Å². The number of rotatable bonds is 3. The van der Waals surface area contributed by atoms with Crippen molar-refractivity contribution in [2.45, 2.75) is 38.6 Å². The molecule has 1 aromatic carbocycles. The van der Waals surface area contributed by atoms with E-state index in [1.54, 1.807) is 4.90 Å². The van der Waals surface area contributed by atoms with Crippen LogP contribution < -0.4 is 10.7 Å². The van der Waals surface area contributed by atoms with Crippen molar-refractivity contribution in [1.29, 1.82) is 0 Å². The highest BCUT2D eigenvalue weighted by atomic mass is 19.1. The molecule has 1 aromatic heterocycles. The van der Waals surface area contributed by atoms with Gasteiger partial charge in [-0.1, -0.05) is 6.07 Å². The average Bonchev–Trinajstić information content (AvgIpc) is 2.72. The summed E-state index contributed by atoms with van der Waals surface area (Å²) in [6.07, 6.45) is 1.75. The maximum atomic E-state index is 13.8. The number of pyridine rings is 1. The lowest BCUT2D eigenvalue weighted by molar-refractivity contribution is -0.0209. The average molecular weight is 432 g/mol. The van der Waals surface area contributed by atoms with Crippen LogP contribution in [0.4, 0.5) is 8.78 Å². The molecule has 0 saturated carbocycles. The summed E-state index contributed by atoms with van der Waals surface area (Å²) < 4.78 is 28.3. The molecular weight excluding hydrogens is 410 g/mol. The number of nitrogens with one attached hydrogen (secondary N) is 1. The second-order valence-corrected chi connectivity index (χ2v) is 7.95. The van der Waals surface area contributed by atoms with Crippen LogP contribution in [0.1, 0.15) is 39.8 Å². The number of likely N-dealkylation sites (N-methyl/N-ethyl adjacent to an activating group) is 1. The fourth-order valence-corrected chi connectivity index (χ4v) is 4.16. The van der Waals surface area contributed by atoms with Crippen LogP contribution in [-0.2, 0) is 13.1 Å². The highest BCUT2D eigenvalue weighted by Crippen LogP contribution is 2.30. The molecule has 8 nitrogen and oxygen atoms in total. The zero-order chi connectivity index (χ0) is 22.4. The molecule has 2 amide bonds. The Balaban J connectivity index is 1.64. The van der Waals surface area contributed by atoms with E-state index in [1.807, 2.05) is 18.9 Å². The SMILES string of the molecule is C[C@@H]1CCN(C)C2Cn3cc(C(=O)NCc4ccc(F)cc4F)c(=O)c(O)c3C(=O)N21. The first-order valence-corrected chi connectivity index (χ1v) is 9.90. The minimum Gasteiger partial charge on any atom is -0.503 e. The lowest BCUT2D eigenvalue weighted by Gasteiger charge is -2.49. The molecule has 0 spiro atoms. The van der Waals surface area contributed by atoms with Crippen LogP contribution in [0, 0.1) is 11.6 Å². The van der Waals surface area contributed by atoms with Crippen molar-refractivity contribution in [1.82, 2.24) is 19.7 Å². The topological polar surface area (TPSA) is 94.9 Å². The fraction of sp³-hybridized carbons (Fsp3) is 0.381. The number of benzene rings is 1. The van der Waals surface area contributed by atoms with Crippen LogP contribution in [0.3, 0.4) is 0 Å². The minimum atomic E-state index is -0.979. The first-order valence-electron chi connectivity index (χ1n) is 9.90. The quantitative estimate of drug-likeness (QED) is 0.762. The Labute approximate surface area is 176 Å². The fourth-order valence-electron chi connectivity index (χ4n) is 4.16. The van der Waals surface area contributed by atoms with Crippen LogP contribution in [-0.4, -0.2) is 57.1 Å². The van der Waals surface area contributed by atoms with Crippen LogP contribution >= 0.6 is 0 Å². The Bertz CT molecular complexity index is 1130. The molecule has 2 aliphatic rings. The van der Waals surface area contributed by atoms with Gasteiger partial charge < -0.3 is 19.9 Å². The van der Waals surface area contributed by atoms with E-state index in [1.165, 1.54) is 16.8 Å². The zero-order valence-corrected chi connectivity index (χ0v) is 17.1. The highest BCUT2D eigenvalue weighted by molar-refractivity contribution is 5.99. The van der Waals surface area contributed by atoms with Crippen molar-refractivity contribution < 1.29 is 23.5 Å². The number of hydrogen-bond donors (Lipinski definition) is 2. The summed E-state index contributed by atoms with van der Waals surface area (Å²) in [7, 11) is 1.88. The molecule has 1 fully saturated rings. The Morgan fingerprint density at radius 2 is 2.03 bits per heavy atom. The van der Waals surface area contributed by atoms with E-state index >= 15 is 0 Å². The van der Waals surface area contributed by atoms with E-state index in [0.29, 0.717) is 6.07 Å². The minimum absolute atomic E-state index is 0.0423. The van der Waals surface area contributed by atoms with Crippen molar-refractivity contribution in [3.8, 4) is 5.75 Å². The predicted octanol–water partition coefficient (Wildman–Crippen LogP) is 1.27. The van der Waals surface area contributed by atoms with E-state index < -0.39 is 34.6 Å². The molecule has 0 bridgehead atoms. The second-order valence-electron chi connectivity index (χ2n) is 7.95. The van der Waals surface area contributed by atoms with E-state index in [0.717, 1.165) is 19.0 Å². The molecule has 0 radical (unpaired) electrons. The van der Waals surface area contributed by atoms with E-state index in [4.69, 9.17) is 0 Å². The summed E-state index contributed by atoms with van der Waals surface area (Å²) in [5, 5.41) is 12.9. The number of halogens is 2. The van der Waals surface area contributed by atoms with Gasteiger partial charge in [-0.15, -0.1) is 0 Å². The van der Waals surface area contributed by atoms with Gasteiger partial charge in [0.25, 0.3) is 11.8 Å². The molecule has 10 heteroatoms. The summed E-state index contributed by atoms with van der Waals surface area (Å²) in [6.45, 7) is 2.71. The zero-order valence-electron chi connectivity index (χ0n) is 17.1. The number of aromatic nitrogens is 1. The largest absolute Gasteiger partial charge is 0.503 e. The molecule has 31 heavy (non-hydrogen) atoms. The monoisotopic (exact) mass is 432 g/mol.